The first-order valence-electron chi connectivity index (χ1n) is 6.06. The van der Waals surface area contributed by atoms with E-state index in [1.807, 2.05) is 26.0 Å². The highest BCUT2D eigenvalue weighted by Crippen LogP contribution is 2.22. The van der Waals surface area contributed by atoms with Crippen LogP contribution in [0.15, 0.2) is 42.6 Å². The van der Waals surface area contributed by atoms with Crippen LogP contribution in [-0.4, -0.2) is 10.8 Å². The summed E-state index contributed by atoms with van der Waals surface area (Å²) >= 11 is 0. The smallest absolute Gasteiger partial charge is 0.186 e. The fourth-order valence-corrected chi connectivity index (χ4v) is 1.98. The highest BCUT2D eigenvalue weighted by Gasteiger charge is 2.24. The van der Waals surface area contributed by atoms with Gasteiger partial charge >= 0.3 is 0 Å². The number of aryl methyl sites for hydroxylation is 1. The minimum absolute atomic E-state index is 0.192. The van der Waals surface area contributed by atoms with E-state index in [1.54, 1.807) is 30.5 Å². The second kappa shape index (κ2) is 5.45. The Balaban J connectivity index is 2.43. The van der Waals surface area contributed by atoms with Gasteiger partial charge in [-0.25, -0.2) is 0 Å². The molecular weight excluding hydrogens is 236 g/mol. The summed E-state index contributed by atoms with van der Waals surface area (Å²) in [5, 5.41) is 9.26. The third-order valence-corrected chi connectivity index (χ3v) is 3.24. The number of aromatic nitrogens is 1. The molecule has 0 aliphatic rings. The minimum Gasteiger partial charge on any atom is -0.292 e. The van der Waals surface area contributed by atoms with Gasteiger partial charge in [0.15, 0.2) is 11.7 Å². The van der Waals surface area contributed by atoms with Gasteiger partial charge in [0.1, 0.15) is 0 Å². The zero-order valence-corrected chi connectivity index (χ0v) is 10.9. The van der Waals surface area contributed by atoms with Gasteiger partial charge in [0, 0.05) is 11.8 Å². The zero-order chi connectivity index (χ0) is 13.8. The van der Waals surface area contributed by atoms with Gasteiger partial charge < -0.3 is 0 Å². The average Bonchev–Trinajstić information content (AvgIpc) is 2.44. The van der Waals surface area contributed by atoms with Crippen molar-refractivity contribution >= 4 is 5.78 Å². The van der Waals surface area contributed by atoms with E-state index in [0.29, 0.717) is 11.3 Å². The number of Topliss-reactive ketones (excluding diaryl/α,β-unsaturated/α-hetero) is 1. The first kappa shape index (κ1) is 13.0. The lowest BCUT2D eigenvalue weighted by Crippen LogP contribution is -2.14. The van der Waals surface area contributed by atoms with Crippen LogP contribution in [-0.2, 0) is 0 Å². The van der Waals surface area contributed by atoms with Crippen molar-refractivity contribution < 1.29 is 4.79 Å². The fourth-order valence-electron chi connectivity index (χ4n) is 1.98. The lowest BCUT2D eigenvalue weighted by molar-refractivity contribution is 0.0977. The number of ketones is 1. The van der Waals surface area contributed by atoms with Crippen molar-refractivity contribution in [1.82, 2.24) is 4.98 Å². The monoisotopic (exact) mass is 250 g/mol. The SMILES string of the molecule is Cc1cccc(C(=O)C(C#N)c2ccccn2)c1C. The summed E-state index contributed by atoms with van der Waals surface area (Å²) in [6, 6.07) is 12.9. The van der Waals surface area contributed by atoms with Crippen LogP contribution in [0.4, 0.5) is 0 Å². The summed E-state index contributed by atoms with van der Waals surface area (Å²) in [5.74, 6) is -1.04. The van der Waals surface area contributed by atoms with Crippen molar-refractivity contribution in [2.75, 3.05) is 0 Å². The predicted molar refractivity (Wildman–Crippen MR) is 72.8 cm³/mol. The summed E-state index contributed by atoms with van der Waals surface area (Å²) in [5.41, 5.74) is 3.06. The number of nitriles is 1. The van der Waals surface area contributed by atoms with Gasteiger partial charge in [0.2, 0.25) is 0 Å². The number of pyridine rings is 1. The Kier molecular flexibility index (Phi) is 3.72. The minimum atomic E-state index is -0.846. The lowest BCUT2D eigenvalue weighted by atomic mass is 9.91. The van der Waals surface area contributed by atoms with E-state index in [9.17, 15) is 10.1 Å². The number of hydrogen-bond acceptors (Lipinski definition) is 3. The zero-order valence-electron chi connectivity index (χ0n) is 10.9. The molecular formula is C16H14N2O. The number of carbonyl (C=O) groups excluding carboxylic acids is 1. The number of rotatable bonds is 3. The van der Waals surface area contributed by atoms with Crippen molar-refractivity contribution in [3.8, 4) is 6.07 Å². The topological polar surface area (TPSA) is 53.8 Å². The molecule has 2 rings (SSSR count). The third kappa shape index (κ3) is 2.53. The quantitative estimate of drug-likeness (QED) is 0.786. The first-order valence-corrected chi connectivity index (χ1v) is 6.06. The van der Waals surface area contributed by atoms with Gasteiger partial charge in [-0.3, -0.25) is 9.78 Å². The molecule has 0 fully saturated rings. The van der Waals surface area contributed by atoms with Gasteiger partial charge in [0.25, 0.3) is 0 Å². The maximum atomic E-state index is 12.5. The Morgan fingerprint density at radius 1 is 1.21 bits per heavy atom. The summed E-state index contributed by atoms with van der Waals surface area (Å²) in [4.78, 5) is 16.6. The Hall–Kier alpha value is -2.47. The molecule has 1 aromatic heterocycles. The molecule has 19 heavy (non-hydrogen) atoms. The molecule has 0 spiro atoms. The van der Waals surface area contributed by atoms with Gasteiger partial charge in [-0.2, -0.15) is 5.26 Å². The normalized spacial score (nSPS) is 11.6. The molecule has 0 bridgehead atoms. The molecule has 2 aromatic rings. The van der Waals surface area contributed by atoms with Crippen molar-refractivity contribution in [1.29, 1.82) is 5.26 Å². The number of benzene rings is 1. The molecule has 0 saturated carbocycles. The molecule has 0 N–H and O–H groups in total. The third-order valence-electron chi connectivity index (χ3n) is 3.24. The van der Waals surface area contributed by atoms with Crippen molar-refractivity contribution in [2.45, 2.75) is 19.8 Å². The van der Waals surface area contributed by atoms with E-state index < -0.39 is 5.92 Å². The molecule has 0 aliphatic heterocycles. The number of nitrogens with zero attached hydrogens (tertiary/aromatic N) is 2. The summed E-state index contributed by atoms with van der Waals surface area (Å²) in [7, 11) is 0. The Morgan fingerprint density at radius 3 is 2.63 bits per heavy atom. The van der Waals surface area contributed by atoms with Crippen LogP contribution >= 0.6 is 0 Å². The molecule has 1 aromatic carbocycles. The van der Waals surface area contributed by atoms with Crippen LogP contribution in [0.1, 0.15) is 33.1 Å². The van der Waals surface area contributed by atoms with Crippen LogP contribution in [0.5, 0.6) is 0 Å². The van der Waals surface area contributed by atoms with E-state index in [2.05, 4.69) is 11.1 Å². The lowest BCUT2D eigenvalue weighted by Gasteiger charge is -2.11. The van der Waals surface area contributed by atoms with Crippen molar-refractivity contribution in [3.05, 3.63) is 65.0 Å². The Morgan fingerprint density at radius 2 is 2.00 bits per heavy atom. The molecule has 0 amide bonds. The highest BCUT2D eigenvalue weighted by atomic mass is 16.1. The van der Waals surface area contributed by atoms with E-state index in [-0.39, 0.29) is 5.78 Å². The van der Waals surface area contributed by atoms with Crippen LogP contribution in [0.25, 0.3) is 0 Å². The molecule has 3 heteroatoms. The van der Waals surface area contributed by atoms with Gasteiger partial charge in [-0.15, -0.1) is 0 Å². The molecule has 0 aliphatic carbocycles. The van der Waals surface area contributed by atoms with E-state index in [1.165, 1.54) is 0 Å². The largest absolute Gasteiger partial charge is 0.292 e. The fraction of sp³-hybridized carbons (Fsp3) is 0.188. The summed E-state index contributed by atoms with van der Waals surface area (Å²) < 4.78 is 0. The van der Waals surface area contributed by atoms with Gasteiger partial charge in [0.05, 0.1) is 11.8 Å². The van der Waals surface area contributed by atoms with Crippen molar-refractivity contribution in [3.63, 3.8) is 0 Å². The number of carbonyl (C=O) groups is 1. The maximum Gasteiger partial charge on any atom is 0.186 e. The Labute approximate surface area is 112 Å². The first-order chi connectivity index (χ1) is 9.15. The van der Waals surface area contributed by atoms with Crippen LogP contribution in [0.3, 0.4) is 0 Å². The van der Waals surface area contributed by atoms with Crippen LogP contribution in [0.2, 0.25) is 0 Å². The van der Waals surface area contributed by atoms with E-state index >= 15 is 0 Å². The molecule has 1 heterocycles. The summed E-state index contributed by atoms with van der Waals surface area (Å²) in [6.45, 7) is 3.85. The highest BCUT2D eigenvalue weighted by molar-refractivity contribution is 6.03. The summed E-state index contributed by atoms with van der Waals surface area (Å²) in [6.07, 6.45) is 1.59. The molecule has 0 saturated heterocycles. The predicted octanol–water partition coefficient (Wildman–Crippen LogP) is 3.19. The van der Waals surface area contributed by atoms with Crippen molar-refractivity contribution in [2.24, 2.45) is 0 Å². The molecule has 0 radical (unpaired) electrons. The molecule has 1 atom stereocenters. The molecule has 3 nitrogen and oxygen atoms in total. The van der Waals surface area contributed by atoms with Crippen LogP contribution in [0, 0.1) is 25.2 Å². The van der Waals surface area contributed by atoms with Crippen LogP contribution < -0.4 is 0 Å². The second-order valence-corrected chi connectivity index (χ2v) is 4.43. The molecule has 1 unspecified atom stereocenters. The Bertz CT molecular complexity index is 642. The maximum absolute atomic E-state index is 12.5. The van der Waals surface area contributed by atoms with E-state index in [4.69, 9.17) is 0 Å². The molecule has 94 valence electrons. The van der Waals surface area contributed by atoms with E-state index in [0.717, 1.165) is 11.1 Å². The van der Waals surface area contributed by atoms with Gasteiger partial charge in [-0.05, 0) is 37.1 Å². The second-order valence-electron chi connectivity index (χ2n) is 4.43. The number of hydrogen-bond donors (Lipinski definition) is 0. The standard InChI is InChI=1S/C16H14N2O/c1-11-6-5-7-13(12(11)2)16(19)14(10-17)15-8-3-4-9-18-15/h3-9,14H,1-2H3. The van der Waals surface area contributed by atoms with Gasteiger partial charge in [-0.1, -0.05) is 24.3 Å². The average molecular weight is 250 g/mol.